The van der Waals surface area contributed by atoms with Crippen LogP contribution >= 0.6 is 0 Å². The van der Waals surface area contributed by atoms with E-state index < -0.39 is 0 Å². The van der Waals surface area contributed by atoms with Gasteiger partial charge in [-0.15, -0.1) is 0 Å². The molecular weight excluding hydrogens is 238 g/mol. The highest BCUT2D eigenvalue weighted by molar-refractivity contribution is 5.97. The summed E-state index contributed by atoms with van der Waals surface area (Å²) in [6.07, 6.45) is 3.99. The molecule has 19 heavy (non-hydrogen) atoms. The summed E-state index contributed by atoms with van der Waals surface area (Å²) in [4.78, 5) is 20.3. The molecule has 0 radical (unpaired) electrons. The van der Waals surface area contributed by atoms with E-state index in [0.717, 1.165) is 24.2 Å². The number of carbonyl (C=O) groups is 1. The van der Waals surface area contributed by atoms with E-state index in [9.17, 15) is 4.79 Å². The van der Waals surface area contributed by atoms with E-state index in [4.69, 9.17) is 0 Å². The highest BCUT2D eigenvalue weighted by Crippen LogP contribution is 2.21. The van der Waals surface area contributed by atoms with E-state index >= 15 is 0 Å². The summed E-state index contributed by atoms with van der Waals surface area (Å²) in [5.74, 6) is 0.709. The molecule has 0 spiro atoms. The number of hydrogen-bond acceptors (Lipinski definition) is 4. The Morgan fingerprint density at radius 3 is 2.74 bits per heavy atom. The fraction of sp³-hybridized carbons (Fsp3) is 0.267. The van der Waals surface area contributed by atoms with E-state index in [-0.39, 0.29) is 5.78 Å². The standard InChI is InChI=1S/C15H15N3O/c1-10-5-7-11(8-6-10)17-15-16-9-12-13(18-15)3-2-4-14(12)19/h5-9H,2-4H2,1H3,(H,16,17,18). The average Bonchev–Trinajstić information content (AvgIpc) is 2.42. The summed E-state index contributed by atoms with van der Waals surface area (Å²) in [5, 5.41) is 3.16. The Labute approximate surface area is 111 Å². The van der Waals surface area contributed by atoms with Crippen molar-refractivity contribution < 1.29 is 4.79 Å². The second kappa shape index (κ2) is 4.80. The molecule has 0 saturated heterocycles. The van der Waals surface area contributed by atoms with Crippen LogP contribution in [0.5, 0.6) is 0 Å². The minimum absolute atomic E-state index is 0.156. The molecule has 0 fully saturated rings. The lowest BCUT2D eigenvalue weighted by molar-refractivity contribution is 0.0971. The Hall–Kier alpha value is -2.23. The van der Waals surface area contributed by atoms with Crippen LogP contribution in [0.4, 0.5) is 11.6 Å². The van der Waals surface area contributed by atoms with Gasteiger partial charge in [0.2, 0.25) is 5.95 Å². The first-order valence-corrected chi connectivity index (χ1v) is 6.45. The van der Waals surface area contributed by atoms with Crippen molar-refractivity contribution in [2.24, 2.45) is 0 Å². The van der Waals surface area contributed by atoms with Gasteiger partial charge in [0.05, 0.1) is 11.3 Å². The largest absolute Gasteiger partial charge is 0.324 e. The van der Waals surface area contributed by atoms with E-state index in [1.54, 1.807) is 6.20 Å². The summed E-state index contributed by atoms with van der Waals surface area (Å²) in [5.41, 5.74) is 3.71. The Balaban J connectivity index is 1.86. The van der Waals surface area contributed by atoms with Crippen molar-refractivity contribution in [3.05, 3.63) is 47.3 Å². The van der Waals surface area contributed by atoms with Gasteiger partial charge >= 0.3 is 0 Å². The van der Waals surface area contributed by atoms with Crippen LogP contribution in [0, 0.1) is 6.92 Å². The number of carbonyl (C=O) groups excluding carboxylic acids is 1. The number of hydrogen-bond donors (Lipinski definition) is 1. The second-order valence-electron chi connectivity index (χ2n) is 4.82. The molecule has 0 atom stereocenters. The lowest BCUT2D eigenvalue weighted by Gasteiger charge is -2.14. The summed E-state index contributed by atoms with van der Waals surface area (Å²) in [7, 11) is 0. The smallest absolute Gasteiger partial charge is 0.227 e. The monoisotopic (exact) mass is 253 g/mol. The fourth-order valence-electron chi connectivity index (χ4n) is 2.22. The first kappa shape index (κ1) is 11.8. The number of fused-ring (bicyclic) bond motifs is 1. The molecule has 4 nitrogen and oxygen atoms in total. The maximum absolute atomic E-state index is 11.7. The first-order chi connectivity index (χ1) is 9.22. The molecule has 96 valence electrons. The number of aryl methyl sites for hydroxylation is 2. The van der Waals surface area contributed by atoms with Gasteiger partial charge in [-0.05, 0) is 31.9 Å². The molecule has 1 heterocycles. The molecule has 1 aromatic heterocycles. The topological polar surface area (TPSA) is 54.9 Å². The number of Topliss-reactive ketones (excluding diaryl/α,β-unsaturated/α-hetero) is 1. The summed E-state index contributed by atoms with van der Waals surface area (Å²) in [6.45, 7) is 2.05. The van der Waals surface area contributed by atoms with Crippen LogP contribution < -0.4 is 5.32 Å². The van der Waals surface area contributed by atoms with Crippen LogP contribution in [0.2, 0.25) is 0 Å². The molecule has 3 rings (SSSR count). The molecule has 1 aromatic carbocycles. The zero-order chi connectivity index (χ0) is 13.2. The molecule has 0 amide bonds. The van der Waals surface area contributed by atoms with Crippen molar-refractivity contribution in [3.8, 4) is 0 Å². The predicted molar refractivity (Wildman–Crippen MR) is 73.8 cm³/mol. The minimum atomic E-state index is 0.156. The zero-order valence-electron chi connectivity index (χ0n) is 10.8. The summed E-state index contributed by atoms with van der Waals surface area (Å²) < 4.78 is 0. The molecule has 1 aliphatic rings. The van der Waals surface area contributed by atoms with Gasteiger partial charge in [0.15, 0.2) is 5.78 Å². The van der Waals surface area contributed by atoms with Gasteiger partial charge in [-0.1, -0.05) is 17.7 Å². The van der Waals surface area contributed by atoms with E-state index in [0.29, 0.717) is 17.9 Å². The van der Waals surface area contributed by atoms with Crippen LogP contribution in [-0.2, 0) is 6.42 Å². The van der Waals surface area contributed by atoms with Crippen molar-refractivity contribution in [2.45, 2.75) is 26.2 Å². The number of nitrogens with zero attached hydrogens (tertiary/aromatic N) is 2. The van der Waals surface area contributed by atoms with Gasteiger partial charge < -0.3 is 5.32 Å². The molecule has 0 saturated carbocycles. The van der Waals surface area contributed by atoms with Crippen LogP contribution in [0.1, 0.15) is 34.5 Å². The van der Waals surface area contributed by atoms with Crippen LogP contribution in [0.25, 0.3) is 0 Å². The SMILES string of the molecule is Cc1ccc(Nc2ncc3c(n2)CCCC3=O)cc1. The van der Waals surface area contributed by atoms with E-state index in [1.165, 1.54) is 5.56 Å². The van der Waals surface area contributed by atoms with Gasteiger partial charge in [0.25, 0.3) is 0 Å². The van der Waals surface area contributed by atoms with Gasteiger partial charge in [-0.25, -0.2) is 9.97 Å². The molecule has 0 unspecified atom stereocenters. The molecule has 2 aromatic rings. The Morgan fingerprint density at radius 2 is 1.95 bits per heavy atom. The number of ketones is 1. The van der Waals surface area contributed by atoms with Crippen LogP contribution in [0.3, 0.4) is 0 Å². The highest BCUT2D eigenvalue weighted by atomic mass is 16.1. The lowest BCUT2D eigenvalue weighted by atomic mass is 9.96. The molecule has 0 bridgehead atoms. The van der Waals surface area contributed by atoms with Gasteiger partial charge in [-0.2, -0.15) is 0 Å². The lowest BCUT2D eigenvalue weighted by Crippen LogP contribution is -2.14. The number of anilines is 2. The summed E-state index contributed by atoms with van der Waals surface area (Å²) >= 11 is 0. The number of aromatic nitrogens is 2. The number of nitrogens with one attached hydrogen (secondary N) is 1. The quantitative estimate of drug-likeness (QED) is 0.893. The van der Waals surface area contributed by atoms with Crippen molar-refractivity contribution in [3.63, 3.8) is 0 Å². The van der Waals surface area contributed by atoms with Crippen LogP contribution in [0.15, 0.2) is 30.5 Å². The third kappa shape index (κ3) is 2.47. The predicted octanol–water partition coefficient (Wildman–Crippen LogP) is 3.05. The Kier molecular flexibility index (Phi) is 2.99. The maximum Gasteiger partial charge on any atom is 0.227 e. The molecule has 4 heteroatoms. The highest BCUT2D eigenvalue weighted by Gasteiger charge is 2.19. The number of rotatable bonds is 2. The summed E-state index contributed by atoms with van der Waals surface area (Å²) in [6, 6.07) is 8.04. The Morgan fingerprint density at radius 1 is 1.16 bits per heavy atom. The molecular formula is C15H15N3O. The number of benzene rings is 1. The minimum Gasteiger partial charge on any atom is -0.324 e. The molecule has 1 aliphatic carbocycles. The maximum atomic E-state index is 11.7. The van der Waals surface area contributed by atoms with E-state index in [2.05, 4.69) is 15.3 Å². The fourth-order valence-corrected chi connectivity index (χ4v) is 2.22. The van der Waals surface area contributed by atoms with Crippen LogP contribution in [-0.4, -0.2) is 15.8 Å². The molecule has 0 aliphatic heterocycles. The molecule has 1 N–H and O–H groups in total. The first-order valence-electron chi connectivity index (χ1n) is 6.45. The third-order valence-corrected chi connectivity index (χ3v) is 3.29. The van der Waals surface area contributed by atoms with Gasteiger partial charge in [0, 0.05) is 18.3 Å². The average molecular weight is 253 g/mol. The van der Waals surface area contributed by atoms with Crippen molar-refractivity contribution >= 4 is 17.4 Å². The second-order valence-corrected chi connectivity index (χ2v) is 4.82. The van der Waals surface area contributed by atoms with E-state index in [1.807, 2.05) is 31.2 Å². The Bertz CT molecular complexity index is 620. The normalized spacial score (nSPS) is 14.1. The van der Waals surface area contributed by atoms with Crippen molar-refractivity contribution in [1.82, 2.24) is 9.97 Å². The van der Waals surface area contributed by atoms with Crippen molar-refractivity contribution in [1.29, 1.82) is 0 Å². The van der Waals surface area contributed by atoms with Crippen molar-refractivity contribution in [2.75, 3.05) is 5.32 Å². The third-order valence-electron chi connectivity index (χ3n) is 3.29. The van der Waals surface area contributed by atoms with Gasteiger partial charge in [-0.3, -0.25) is 4.79 Å². The zero-order valence-corrected chi connectivity index (χ0v) is 10.8. The van der Waals surface area contributed by atoms with Gasteiger partial charge in [0.1, 0.15) is 0 Å².